The SMILES string of the molecule is CC1CCc2c(N3CCC(O)CC3)c(F)cc3c2[N+]1([O-])C=C(C(=O)O)C3=O. The van der Waals surface area contributed by atoms with Crippen LogP contribution in [-0.2, 0) is 11.2 Å². The normalized spacial score (nSPS) is 28.0. The van der Waals surface area contributed by atoms with Crippen LogP contribution < -0.4 is 9.55 Å². The third-order valence-electron chi connectivity index (χ3n) is 5.96. The lowest BCUT2D eigenvalue weighted by Gasteiger charge is -2.50. The second-order valence-electron chi connectivity index (χ2n) is 7.57. The zero-order chi connectivity index (χ0) is 19.5. The second kappa shape index (κ2) is 6.12. The first-order valence-corrected chi connectivity index (χ1v) is 9.13. The number of Topliss-reactive ketones (excluding diaryl/α,β-unsaturated/α-hetero) is 1. The first kappa shape index (κ1) is 18.1. The highest BCUT2D eigenvalue weighted by Gasteiger charge is 2.46. The fourth-order valence-electron chi connectivity index (χ4n) is 4.43. The van der Waals surface area contributed by atoms with Gasteiger partial charge in [0.2, 0.25) is 5.78 Å². The molecule has 4 rings (SSSR count). The number of aliphatic hydroxyl groups is 1. The van der Waals surface area contributed by atoms with Crippen molar-refractivity contribution in [3.63, 3.8) is 0 Å². The molecule has 7 nitrogen and oxygen atoms in total. The van der Waals surface area contributed by atoms with Crippen LogP contribution in [0.5, 0.6) is 0 Å². The van der Waals surface area contributed by atoms with Gasteiger partial charge in [-0.1, -0.05) is 0 Å². The predicted molar refractivity (Wildman–Crippen MR) is 96.8 cm³/mol. The van der Waals surface area contributed by atoms with Crippen LogP contribution in [0.2, 0.25) is 0 Å². The number of halogens is 1. The van der Waals surface area contributed by atoms with E-state index in [0.717, 1.165) is 12.3 Å². The van der Waals surface area contributed by atoms with Crippen molar-refractivity contribution in [1.82, 2.24) is 4.65 Å². The van der Waals surface area contributed by atoms with Crippen LogP contribution in [0.15, 0.2) is 17.8 Å². The average Bonchev–Trinajstić information content (AvgIpc) is 2.62. The maximum atomic E-state index is 15.0. The Balaban J connectivity index is 1.93. The Hall–Kier alpha value is -2.29. The molecule has 8 heteroatoms. The molecule has 0 radical (unpaired) electrons. The van der Waals surface area contributed by atoms with Crippen molar-refractivity contribution < 1.29 is 24.2 Å². The summed E-state index contributed by atoms with van der Waals surface area (Å²) in [6.07, 6.45) is 2.46. The summed E-state index contributed by atoms with van der Waals surface area (Å²) in [5, 5.41) is 32.7. The number of hydrogen-bond donors (Lipinski definition) is 2. The molecule has 144 valence electrons. The smallest absolute Gasteiger partial charge is 0.345 e. The van der Waals surface area contributed by atoms with Gasteiger partial charge in [-0.3, -0.25) is 9.44 Å². The van der Waals surface area contributed by atoms with Gasteiger partial charge in [-0.2, -0.15) is 0 Å². The van der Waals surface area contributed by atoms with E-state index in [9.17, 15) is 25.0 Å². The van der Waals surface area contributed by atoms with Crippen molar-refractivity contribution in [3.8, 4) is 0 Å². The molecule has 3 aliphatic heterocycles. The van der Waals surface area contributed by atoms with Crippen molar-refractivity contribution in [2.24, 2.45) is 0 Å². The van der Waals surface area contributed by atoms with E-state index >= 15 is 4.39 Å². The first-order chi connectivity index (χ1) is 12.7. The van der Waals surface area contributed by atoms with Gasteiger partial charge in [0, 0.05) is 25.1 Å². The number of quaternary nitrogens is 1. The minimum absolute atomic E-state index is 0.148. The van der Waals surface area contributed by atoms with Gasteiger partial charge in [-0.15, -0.1) is 0 Å². The minimum atomic E-state index is -1.48. The van der Waals surface area contributed by atoms with Gasteiger partial charge in [-0.05, 0) is 32.3 Å². The summed E-state index contributed by atoms with van der Waals surface area (Å²) in [7, 11) is 0. The topological polar surface area (TPSA) is 101 Å². The number of anilines is 1. The largest absolute Gasteiger partial charge is 0.622 e. The molecule has 1 aromatic rings. The number of aliphatic hydroxyl groups excluding tert-OH is 1. The summed E-state index contributed by atoms with van der Waals surface area (Å²) in [4.78, 5) is 25.9. The van der Waals surface area contributed by atoms with Crippen molar-refractivity contribution in [1.29, 1.82) is 0 Å². The molecule has 0 aromatic heterocycles. The maximum absolute atomic E-state index is 15.0. The van der Waals surface area contributed by atoms with Gasteiger partial charge in [-0.25, -0.2) is 9.18 Å². The van der Waals surface area contributed by atoms with E-state index in [-0.39, 0.29) is 11.3 Å². The Morgan fingerprint density at radius 1 is 1.33 bits per heavy atom. The second-order valence-corrected chi connectivity index (χ2v) is 7.57. The highest BCUT2D eigenvalue weighted by atomic mass is 19.1. The Morgan fingerprint density at radius 3 is 2.63 bits per heavy atom. The minimum Gasteiger partial charge on any atom is -0.622 e. The van der Waals surface area contributed by atoms with E-state index in [4.69, 9.17) is 0 Å². The van der Waals surface area contributed by atoms with Crippen LogP contribution in [-0.4, -0.2) is 47.2 Å². The molecule has 2 unspecified atom stereocenters. The fraction of sp³-hybridized carbons (Fsp3) is 0.474. The molecule has 2 atom stereocenters. The number of carbonyl (C=O) groups excluding carboxylic acids is 1. The number of rotatable bonds is 2. The van der Waals surface area contributed by atoms with Crippen molar-refractivity contribution in [2.75, 3.05) is 18.0 Å². The van der Waals surface area contributed by atoms with Crippen LogP contribution >= 0.6 is 0 Å². The Kier molecular flexibility index (Phi) is 4.10. The van der Waals surface area contributed by atoms with Crippen molar-refractivity contribution in [3.05, 3.63) is 40.0 Å². The molecule has 1 saturated heterocycles. The number of carboxylic acids is 1. The lowest BCUT2D eigenvalue weighted by molar-refractivity contribution is -0.132. The quantitative estimate of drug-likeness (QED) is 0.466. The molecule has 27 heavy (non-hydrogen) atoms. The number of benzene rings is 1. The average molecular weight is 376 g/mol. The molecule has 1 fully saturated rings. The Morgan fingerprint density at radius 2 is 2.00 bits per heavy atom. The highest BCUT2D eigenvalue weighted by molar-refractivity contribution is 6.27. The van der Waals surface area contributed by atoms with E-state index in [1.165, 1.54) is 0 Å². The molecular formula is C19H21FN2O5. The molecule has 0 aliphatic carbocycles. The van der Waals surface area contributed by atoms with Crippen LogP contribution in [0, 0.1) is 11.0 Å². The summed E-state index contributed by atoms with van der Waals surface area (Å²) in [6.45, 7) is 2.64. The number of carbonyl (C=O) groups is 2. The fourth-order valence-corrected chi connectivity index (χ4v) is 4.43. The molecule has 1 aromatic carbocycles. The van der Waals surface area contributed by atoms with Crippen LogP contribution in [0.1, 0.15) is 42.1 Å². The summed E-state index contributed by atoms with van der Waals surface area (Å²) in [5.41, 5.74) is 0.218. The molecule has 0 spiro atoms. The maximum Gasteiger partial charge on any atom is 0.345 e. The first-order valence-electron chi connectivity index (χ1n) is 9.13. The third kappa shape index (κ3) is 2.59. The van der Waals surface area contributed by atoms with Gasteiger partial charge >= 0.3 is 5.97 Å². The molecule has 3 aliphatic rings. The van der Waals surface area contributed by atoms with E-state index in [0.29, 0.717) is 50.0 Å². The molecule has 3 heterocycles. The van der Waals surface area contributed by atoms with Crippen molar-refractivity contribution >= 4 is 23.1 Å². The molecule has 0 amide bonds. The number of aliphatic carboxylic acids is 1. The summed E-state index contributed by atoms with van der Waals surface area (Å²) >= 11 is 0. The van der Waals surface area contributed by atoms with Gasteiger partial charge in [0.05, 0.1) is 23.4 Å². The van der Waals surface area contributed by atoms with Gasteiger partial charge in [0.1, 0.15) is 12.0 Å². The van der Waals surface area contributed by atoms with Gasteiger partial charge in [0.15, 0.2) is 11.3 Å². The lowest BCUT2D eigenvalue weighted by Crippen LogP contribution is -2.53. The Bertz CT molecular complexity index is 875. The van der Waals surface area contributed by atoms with E-state index in [1.807, 2.05) is 4.90 Å². The number of piperidine rings is 1. The third-order valence-corrected chi connectivity index (χ3v) is 5.96. The zero-order valence-electron chi connectivity index (χ0n) is 14.9. The van der Waals surface area contributed by atoms with E-state index < -0.39 is 39.9 Å². The number of nitrogens with zero attached hydrogens (tertiary/aromatic N) is 2. The van der Waals surface area contributed by atoms with Crippen LogP contribution in [0.4, 0.5) is 15.8 Å². The number of hydroxylamine groups is 2. The summed E-state index contributed by atoms with van der Waals surface area (Å²) < 4.78 is 14.0. The summed E-state index contributed by atoms with van der Waals surface area (Å²) in [5.74, 6) is -2.92. The monoisotopic (exact) mass is 376 g/mol. The van der Waals surface area contributed by atoms with E-state index in [2.05, 4.69) is 0 Å². The zero-order valence-corrected chi connectivity index (χ0v) is 14.9. The van der Waals surface area contributed by atoms with Gasteiger partial charge in [0.25, 0.3) is 0 Å². The van der Waals surface area contributed by atoms with E-state index in [1.54, 1.807) is 6.92 Å². The van der Waals surface area contributed by atoms with Gasteiger partial charge < -0.3 is 20.3 Å². The van der Waals surface area contributed by atoms with Crippen molar-refractivity contribution in [2.45, 2.75) is 44.8 Å². The number of ketones is 1. The summed E-state index contributed by atoms with van der Waals surface area (Å²) in [6, 6.07) is 0.542. The van der Waals surface area contributed by atoms with Crippen LogP contribution in [0.3, 0.4) is 0 Å². The molecule has 0 bridgehead atoms. The standard InChI is InChI=1S/C19H21FN2O5/c1-10-2-3-12-16(21-6-4-11(23)5-7-21)15(20)8-13-17(12)22(10,27)9-14(18(13)24)19(25)26/h8-11,23H,2-7H2,1H3,(H,25,26). The molecular weight excluding hydrogens is 355 g/mol. The highest BCUT2D eigenvalue weighted by Crippen LogP contribution is 2.48. The van der Waals surface area contributed by atoms with Crippen LogP contribution in [0.25, 0.3) is 0 Å². The number of carboxylic acid groups (broad SMARTS) is 1. The lowest BCUT2D eigenvalue weighted by atomic mass is 9.85. The Labute approximate surface area is 155 Å². The molecule has 2 N–H and O–H groups in total. The number of hydrogen-bond acceptors (Lipinski definition) is 5. The molecule has 0 saturated carbocycles. The predicted octanol–water partition coefficient (Wildman–Crippen LogP) is 2.09.